The molecule has 1 aromatic carbocycles. The van der Waals surface area contributed by atoms with Crippen molar-refractivity contribution in [3.05, 3.63) is 21.7 Å². The standard InChI is InChI=1S/C20H26BrNO3/c21-14-5-15(23)19(24)13-4-17(25-16(9-22)18(13)14)20-6-10-1-11(7-20)3-12(2-10)8-20/h5,10-12,16-17,23-24H,1-4,6-9,22H2. The van der Waals surface area contributed by atoms with E-state index in [0.29, 0.717) is 13.0 Å². The zero-order valence-electron chi connectivity index (χ0n) is 14.4. The van der Waals surface area contributed by atoms with Gasteiger partial charge in [0.05, 0.1) is 12.2 Å². The van der Waals surface area contributed by atoms with Crippen molar-refractivity contribution in [2.75, 3.05) is 6.54 Å². The molecule has 5 aliphatic rings. The topological polar surface area (TPSA) is 75.7 Å². The first-order valence-corrected chi connectivity index (χ1v) is 10.4. The SMILES string of the molecule is NCC1OC(C23CC4CC(CC(C4)C2)C3)Cc2c(O)c(O)cc(Br)c21. The number of benzene rings is 1. The maximum atomic E-state index is 10.5. The third kappa shape index (κ3) is 2.38. The van der Waals surface area contributed by atoms with Crippen LogP contribution in [0, 0.1) is 23.2 Å². The fraction of sp³-hybridized carbons (Fsp3) is 0.700. The lowest BCUT2D eigenvalue weighted by atomic mass is 9.47. The fourth-order valence-electron chi connectivity index (χ4n) is 6.85. The summed E-state index contributed by atoms with van der Waals surface area (Å²) in [7, 11) is 0. The van der Waals surface area contributed by atoms with Crippen LogP contribution < -0.4 is 5.73 Å². The van der Waals surface area contributed by atoms with Gasteiger partial charge in [0.2, 0.25) is 0 Å². The molecule has 4 N–H and O–H groups in total. The maximum absolute atomic E-state index is 10.5. The van der Waals surface area contributed by atoms with Gasteiger partial charge in [-0.3, -0.25) is 0 Å². The van der Waals surface area contributed by atoms with Gasteiger partial charge < -0.3 is 20.7 Å². The van der Waals surface area contributed by atoms with Crippen molar-refractivity contribution in [3.8, 4) is 11.5 Å². The Balaban J connectivity index is 1.55. The van der Waals surface area contributed by atoms with Gasteiger partial charge in [-0.1, -0.05) is 15.9 Å². The van der Waals surface area contributed by atoms with Gasteiger partial charge in [-0.25, -0.2) is 0 Å². The van der Waals surface area contributed by atoms with E-state index < -0.39 is 0 Å². The van der Waals surface area contributed by atoms with E-state index in [4.69, 9.17) is 10.5 Å². The van der Waals surface area contributed by atoms with E-state index in [1.165, 1.54) is 38.5 Å². The molecule has 6 rings (SSSR count). The molecule has 2 unspecified atom stereocenters. The van der Waals surface area contributed by atoms with Crippen LogP contribution in [0.15, 0.2) is 10.5 Å². The van der Waals surface area contributed by atoms with Crippen molar-refractivity contribution in [2.24, 2.45) is 28.9 Å². The van der Waals surface area contributed by atoms with Crippen LogP contribution in [-0.4, -0.2) is 22.9 Å². The first kappa shape index (κ1) is 16.4. The van der Waals surface area contributed by atoms with Crippen LogP contribution in [0.3, 0.4) is 0 Å². The molecule has 1 heterocycles. The van der Waals surface area contributed by atoms with E-state index >= 15 is 0 Å². The van der Waals surface area contributed by atoms with Crippen molar-refractivity contribution >= 4 is 15.9 Å². The number of ether oxygens (including phenoxy) is 1. The normalized spacial score (nSPS) is 41.8. The molecule has 0 amide bonds. The molecule has 25 heavy (non-hydrogen) atoms. The highest BCUT2D eigenvalue weighted by Crippen LogP contribution is 2.63. The van der Waals surface area contributed by atoms with E-state index in [-0.39, 0.29) is 29.1 Å². The van der Waals surface area contributed by atoms with E-state index in [9.17, 15) is 10.2 Å². The fourth-order valence-corrected chi connectivity index (χ4v) is 7.56. The molecule has 0 saturated heterocycles. The second-order valence-electron chi connectivity index (χ2n) is 8.95. The summed E-state index contributed by atoms with van der Waals surface area (Å²) in [4.78, 5) is 0. The summed E-state index contributed by atoms with van der Waals surface area (Å²) in [5.74, 6) is 2.52. The number of nitrogens with two attached hydrogens (primary N) is 1. The summed E-state index contributed by atoms with van der Waals surface area (Å²) >= 11 is 3.53. The maximum Gasteiger partial charge on any atom is 0.161 e. The lowest BCUT2D eigenvalue weighted by Crippen LogP contribution is -2.54. The summed E-state index contributed by atoms with van der Waals surface area (Å²) < 4.78 is 7.35. The highest BCUT2D eigenvalue weighted by Gasteiger charge is 2.56. The Morgan fingerprint density at radius 3 is 2.28 bits per heavy atom. The molecular formula is C20H26BrNO3. The Morgan fingerprint density at radius 1 is 1.12 bits per heavy atom. The molecular weight excluding hydrogens is 382 g/mol. The molecule has 0 aromatic heterocycles. The van der Waals surface area contributed by atoms with Gasteiger partial charge in [0.25, 0.3) is 0 Å². The molecule has 2 atom stereocenters. The molecule has 4 bridgehead atoms. The molecule has 0 spiro atoms. The molecule has 136 valence electrons. The lowest BCUT2D eigenvalue weighted by Gasteiger charge is -2.60. The van der Waals surface area contributed by atoms with Gasteiger partial charge in [-0.15, -0.1) is 0 Å². The highest BCUT2D eigenvalue weighted by atomic mass is 79.9. The van der Waals surface area contributed by atoms with Crippen molar-refractivity contribution in [1.29, 1.82) is 0 Å². The third-order valence-electron chi connectivity index (χ3n) is 7.40. The summed E-state index contributed by atoms with van der Waals surface area (Å²) in [6, 6.07) is 1.55. The van der Waals surface area contributed by atoms with Gasteiger partial charge in [0, 0.05) is 28.6 Å². The monoisotopic (exact) mass is 407 g/mol. The number of hydrogen-bond acceptors (Lipinski definition) is 4. The molecule has 1 aliphatic heterocycles. The van der Waals surface area contributed by atoms with Gasteiger partial charge in [0.15, 0.2) is 11.5 Å². The second kappa shape index (κ2) is 5.61. The first-order valence-electron chi connectivity index (χ1n) is 9.58. The predicted octanol–water partition coefficient (Wildman–Crippen LogP) is 4.02. The largest absolute Gasteiger partial charge is 0.504 e. The average Bonchev–Trinajstić information content (AvgIpc) is 2.57. The van der Waals surface area contributed by atoms with E-state index in [1.54, 1.807) is 6.07 Å². The van der Waals surface area contributed by atoms with Crippen LogP contribution in [-0.2, 0) is 11.2 Å². The lowest BCUT2D eigenvalue weighted by molar-refractivity contribution is -0.165. The Labute approximate surface area is 156 Å². The van der Waals surface area contributed by atoms with E-state index in [1.807, 2.05) is 0 Å². The first-order chi connectivity index (χ1) is 12.0. The number of aromatic hydroxyl groups is 2. The number of halogens is 1. The molecule has 5 heteroatoms. The Hall–Kier alpha value is -0.780. The van der Waals surface area contributed by atoms with Crippen molar-refractivity contribution < 1.29 is 14.9 Å². The zero-order valence-corrected chi connectivity index (χ0v) is 16.0. The Morgan fingerprint density at radius 2 is 1.72 bits per heavy atom. The highest BCUT2D eigenvalue weighted by molar-refractivity contribution is 9.10. The average molecular weight is 408 g/mol. The molecule has 1 aromatic rings. The quantitative estimate of drug-likeness (QED) is 0.647. The van der Waals surface area contributed by atoms with E-state index in [0.717, 1.165) is 33.4 Å². The van der Waals surface area contributed by atoms with Gasteiger partial charge in [-0.2, -0.15) is 0 Å². The summed E-state index contributed by atoms with van der Waals surface area (Å²) in [5.41, 5.74) is 8.02. The number of fused-ring (bicyclic) bond motifs is 1. The molecule has 4 saturated carbocycles. The third-order valence-corrected chi connectivity index (χ3v) is 8.05. The van der Waals surface area contributed by atoms with Crippen LogP contribution in [0.1, 0.15) is 55.8 Å². The van der Waals surface area contributed by atoms with Crippen LogP contribution in [0.2, 0.25) is 0 Å². The molecule has 4 nitrogen and oxygen atoms in total. The molecule has 0 radical (unpaired) electrons. The summed E-state index contributed by atoms with van der Waals surface area (Å²) in [6.45, 7) is 0.388. The minimum absolute atomic E-state index is 0.00896. The molecule has 4 aliphatic carbocycles. The second-order valence-corrected chi connectivity index (χ2v) is 9.81. The zero-order chi connectivity index (χ0) is 17.3. The Bertz CT molecular complexity index is 684. The van der Waals surface area contributed by atoms with Gasteiger partial charge >= 0.3 is 0 Å². The number of phenols is 2. The predicted molar refractivity (Wildman–Crippen MR) is 98.4 cm³/mol. The number of hydrogen-bond donors (Lipinski definition) is 3. The number of rotatable bonds is 2. The van der Waals surface area contributed by atoms with Gasteiger partial charge in [-0.05, 0) is 67.8 Å². The van der Waals surface area contributed by atoms with Crippen LogP contribution in [0.4, 0.5) is 0 Å². The number of phenolic OH excluding ortho intramolecular Hbond substituents is 2. The summed E-state index contributed by atoms with van der Waals surface area (Å²) in [5, 5.41) is 20.6. The van der Waals surface area contributed by atoms with E-state index in [2.05, 4.69) is 15.9 Å². The van der Waals surface area contributed by atoms with Crippen LogP contribution in [0.5, 0.6) is 11.5 Å². The summed E-state index contributed by atoms with van der Waals surface area (Å²) in [6.07, 6.45) is 8.55. The minimum atomic E-state index is -0.220. The molecule has 4 fully saturated rings. The Kier molecular flexibility index (Phi) is 3.68. The van der Waals surface area contributed by atoms with Crippen LogP contribution >= 0.6 is 15.9 Å². The van der Waals surface area contributed by atoms with Crippen molar-refractivity contribution in [1.82, 2.24) is 0 Å². The minimum Gasteiger partial charge on any atom is -0.504 e. The van der Waals surface area contributed by atoms with Crippen LogP contribution in [0.25, 0.3) is 0 Å². The van der Waals surface area contributed by atoms with Gasteiger partial charge in [0.1, 0.15) is 0 Å². The van der Waals surface area contributed by atoms with Crippen molar-refractivity contribution in [3.63, 3.8) is 0 Å². The van der Waals surface area contributed by atoms with Crippen molar-refractivity contribution in [2.45, 2.75) is 57.2 Å². The smallest absolute Gasteiger partial charge is 0.161 e.